The van der Waals surface area contributed by atoms with Crippen molar-refractivity contribution < 1.29 is 13.9 Å². The lowest BCUT2D eigenvalue weighted by Crippen LogP contribution is -2.20. The number of nitrogens with zero attached hydrogens (tertiary/aromatic N) is 2. The smallest absolute Gasteiger partial charge is 0.408 e. The fraction of sp³-hybridized carbons (Fsp3) is 0.368. The molecule has 138 valence electrons. The van der Waals surface area contributed by atoms with Gasteiger partial charge < -0.3 is 13.7 Å². The van der Waals surface area contributed by atoms with Crippen LogP contribution in [-0.2, 0) is 17.8 Å². The van der Waals surface area contributed by atoms with Crippen LogP contribution in [0.5, 0.6) is 0 Å². The first kappa shape index (κ1) is 18.5. The highest BCUT2D eigenvalue weighted by molar-refractivity contribution is 6.31. The number of Topliss-reactive ketones (excluding diaryl/α,β-unsaturated/α-hetero) is 1. The van der Waals surface area contributed by atoms with Gasteiger partial charge in [0.25, 0.3) is 0 Å². The lowest BCUT2D eigenvalue weighted by atomic mass is 10.1. The number of hydrogen-bond acceptors (Lipinski definition) is 4. The molecule has 6 nitrogen and oxygen atoms in total. The molecule has 0 saturated carbocycles. The summed E-state index contributed by atoms with van der Waals surface area (Å²) in [6.07, 6.45) is 0.868. The number of ketones is 1. The molecule has 7 heteroatoms. The number of fused-ring (bicyclic) bond motifs is 1. The van der Waals surface area contributed by atoms with Crippen LogP contribution in [0, 0.1) is 13.8 Å². The van der Waals surface area contributed by atoms with E-state index in [1.165, 1.54) is 4.57 Å². The number of benzene rings is 1. The lowest BCUT2D eigenvalue weighted by Gasteiger charge is -2.09. The minimum Gasteiger partial charge on any atom is -0.408 e. The number of methoxy groups -OCH3 is 1. The number of hydrogen-bond donors (Lipinski definition) is 0. The zero-order chi connectivity index (χ0) is 18.8. The summed E-state index contributed by atoms with van der Waals surface area (Å²) in [5.41, 5.74) is 3.46. The maximum absolute atomic E-state index is 12.8. The zero-order valence-corrected chi connectivity index (χ0v) is 15.8. The van der Waals surface area contributed by atoms with Gasteiger partial charge in [-0.15, -0.1) is 0 Å². The molecule has 2 aromatic heterocycles. The van der Waals surface area contributed by atoms with Crippen LogP contribution < -0.4 is 5.76 Å². The third-order valence-electron chi connectivity index (χ3n) is 4.54. The molecule has 0 atom stereocenters. The van der Waals surface area contributed by atoms with Crippen LogP contribution in [0.2, 0.25) is 5.02 Å². The number of aryl methyl sites for hydroxylation is 1. The normalized spacial score (nSPS) is 11.4. The van der Waals surface area contributed by atoms with Crippen molar-refractivity contribution >= 4 is 28.5 Å². The fourth-order valence-electron chi connectivity index (χ4n) is 3.21. The molecule has 0 radical (unpaired) electrons. The van der Waals surface area contributed by atoms with Gasteiger partial charge in [-0.25, -0.2) is 4.79 Å². The van der Waals surface area contributed by atoms with E-state index < -0.39 is 5.76 Å². The van der Waals surface area contributed by atoms with Gasteiger partial charge in [0.2, 0.25) is 0 Å². The molecule has 2 heterocycles. The van der Waals surface area contributed by atoms with Gasteiger partial charge in [-0.2, -0.15) is 0 Å². The second-order valence-corrected chi connectivity index (χ2v) is 6.71. The molecule has 0 aliphatic heterocycles. The number of carbonyl (C=O) groups is 1. The summed E-state index contributed by atoms with van der Waals surface area (Å²) in [4.78, 5) is 25.0. The zero-order valence-electron chi connectivity index (χ0n) is 15.0. The SMILES string of the molecule is COCCCn1c(C)cc(C(=O)Cn2c(=O)oc3cc(Cl)ccc32)c1C. The Balaban J connectivity index is 1.88. The van der Waals surface area contributed by atoms with Crippen LogP contribution >= 0.6 is 11.6 Å². The molecule has 0 aliphatic carbocycles. The minimum absolute atomic E-state index is 0.0736. The average molecular weight is 377 g/mol. The Morgan fingerprint density at radius 3 is 2.73 bits per heavy atom. The Bertz CT molecular complexity index is 1010. The van der Waals surface area contributed by atoms with Gasteiger partial charge in [0.15, 0.2) is 11.4 Å². The standard InChI is InChI=1S/C19H21ClN2O4/c1-12-9-15(13(2)21(12)7-4-8-25-3)17(23)11-22-16-6-5-14(20)10-18(16)26-19(22)24/h5-6,9-10H,4,7-8,11H2,1-3H3. The molecular weight excluding hydrogens is 356 g/mol. The van der Waals surface area contributed by atoms with E-state index >= 15 is 0 Å². The topological polar surface area (TPSA) is 66.4 Å². The number of rotatable bonds is 7. The van der Waals surface area contributed by atoms with Crippen molar-refractivity contribution in [2.75, 3.05) is 13.7 Å². The quantitative estimate of drug-likeness (QED) is 0.467. The Morgan fingerprint density at radius 1 is 1.23 bits per heavy atom. The van der Waals surface area contributed by atoms with Crippen LogP contribution in [0.1, 0.15) is 28.2 Å². The summed E-state index contributed by atoms with van der Waals surface area (Å²) in [5.74, 6) is -0.694. The highest BCUT2D eigenvalue weighted by atomic mass is 35.5. The Kier molecular flexibility index (Phi) is 5.34. The Hall–Kier alpha value is -2.31. The van der Waals surface area contributed by atoms with Crippen molar-refractivity contribution in [2.45, 2.75) is 33.4 Å². The molecule has 0 aliphatic rings. The summed E-state index contributed by atoms with van der Waals surface area (Å²) < 4.78 is 13.7. The summed E-state index contributed by atoms with van der Waals surface area (Å²) in [6, 6.07) is 6.79. The van der Waals surface area contributed by atoms with Gasteiger partial charge in [-0.3, -0.25) is 9.36 Å². The van der Waals surface area contributed by atoms with Gasteiger partial charge in [-0.05, 0) is 38.5 Å². The first-order valence-corrected chi connectivity index (χ1v) is 8.78. The predicted molar refractivity (Wildman–Crippen MR) is 100 cm³/mol. The molecule has 0 amide bonds. The Morgan fingerprint density at radius 2 is 2.00 bits per heavy atom. The molecule has 0 saturated heterocycles. The number of halogens is 1. The van der Waals surface area contributed by atoms with Crippen molar-refractivity contribution in [1.82, 2.24) is 9.13 Å². The van der Waals surface area contributed by atoms with Crippen LogP contribution in [0.25, 0.3) is 11.1 Å². The van der Waals surface area contributed by atoms with Gasteiger partial charge in [0, 0.05) is 48.3 Å². The number of oxazole rings is 1. The van der Waals surface area contributed by atoms with E-state index in [2.05, 4.69) is 4.57 Å². The summed E-state index contributed by atoms with van der Waals surface area (Å²) in [6.45, 7) is 5.27. The van der Waals surface area contributed by atoms with Crippen molar-refractivity contribution in [3.8, 4) is 0 Å². The summed E-state index contributed by atoms with van der Waals surface area (Å²) >= 11 is 5.93. The monoisotopic (exact) mass is 376 g/mol. The molecule has 3 aromatic rings. The molecule has 3 rings (SSSR count). The van der Waals surface area contributed by atoms with Crippen molar-refractivity contribution in [3.05, 3.63) is 56.8 Å². The third-order valence-corrected chi connectivity index (χ3v) is 4.77. The van der Waals surface area contributed by atoms with Crippen molar-refractivity contribution in [2.24, 2.45) is 0 Å². The third kappa shape index (κ3) is 3.48. The van der Waals surface area contributed by atoms with Crippen LogP contribution in [0.3, 0.4) is 0 Å². The van der Waals surface area contributed by atoms with Gasteiger partial charge in [-0.1, -0.05) is 11.6 Å². The molecule has 0 unspecified atom stereocenters. The molecule has 1 aromatic carbocycles. The molecule has 0 bridgehead atoms. The van der Waals surface area contributed by atoms with E-state index in [0.717, 1.165) is 24.4 Å². The maximum atomic E-state index is 12.8. The van der Waals surface area contributed by atoms with Crippen LogP contribution in [0.4, 0.5) is 0 Å². The Labute approximate surface area is 155 Å². The van der Waals surface area contributed by atoms with Gasteiger partial charge >= 0.3 is 5.76 Å². The largest absolute Gasteiger partial charge is 0.420 e. The number of ether oxygens (including phenoxy) is 1. The van der Waals surface area contributed by atoms with Crippen molar-refractivity contribution in [1.29, 1.82) is 0 Å². The van der Waals surface area contributed by atoms with Crippen molar-refractivity contribution in [3.63, 3.8) is 0 Å². The minimum atomic E-state index is -0.565. The van der Waals surface area contributed by atoms with Crippen LogP contribution in [0.15, 0.2) is 33.5 Å². The van der Waals surface area contributed by atoms with E-state index in [0.29, 0.717) is 28.3 Å². The van der Waals surface area contributed by atoms with Gasteiger partial charge in [0.1, 0.15) is 0 Å². The van der Waals surface area contributed by atoms with E-state index in [-0.39, 0.29) is 12.3 Å². The molecule has 26 heavy (non-hydrogen) atoms. The number of carbonyl (C=O) groups excluding carboxylic acids is 1. The first-order chi connectivity index (χ1) is 12.4. The van der Waals surface area contributed by atoms with E-state index in [9.17, 15) is 9.59 Å². The number of aromatic nitrogens is 2. The highest BCUT2D eigenvalue weighted by Gasteiger charge is 2.19. The maximum Gasteiger partial charge on any atom is 0.420 e. The molecule has 0 spiro atoms. The molecule has 0 N–H and O–H groups in total. The van der Waals surface area contributed by atoms with Gasteiger partial charge in [0.05, 0.1) is 12.1 Å². The van der Waals surface area contributed by atoms with Crippen LogP contribution in [-0.4, -0.2) is 28.6 Å². The fourth-order valence-corrected chi connectivity index (χ4v) is 3.38. The molecular formula is C19H21ClN2O4. The lowest BCUT2D eigenvalue weighted by molar-refractivity contribution is 0.0970. The molecule has 0 fully saturated rings. The summed E-state index contributed by atoms with van der Waals surface area (Å²) in [5, 5.41) is 0.476. The second-order valence-electron chi connectivity index (χ2n) is 6.27. The first-order valence-electron chi connectivity index (χ1n) is 8.40. The summed E-state index contributed by atoms with van der Waals surface area (Å²) in [7, 11) is 1.67. The van der Waals surface area contributed by atoms with E-state index in [1.807, 2.05) is 19.9 Å². The second kappa shape index (κ2) is 7.51. The average Bonchev–Trinajstić information content (AvgIpc) is 3.05. The highest BCUT2D eigenvalue weighted by Crippen LogP contribution is 2.20. The van der Waals surface area contributed by atoms with E-state index in [4.69, 9.17) is 20.8 Å². The van der Waals surface area contributed by atoms with E-state index in [1.54, 1.807) is 25.3 Å². The predicted octanol–water partition coefficient (Wildman–Crippen LogP) is 3.59.